The number of hydrogen-bond donors (Lipinski definition) is 0. The van der Waals surface area contributed by atoms with Gasteiger partial charge in [0, 0.05) is 35.8 Å². The quantitative estimate of drug-likeness (QED) is 0.243. The minimum absolute atomic E-state index is 0.785. The highest BCUT2D eigenvalue weighted by Crippen LogP contribution is 2.31. The number of halogens is 1. The van der Waals surface area contributed by atoms with E-state index in [1.165, 1.54) is 16.8 Å². The second-order valence-corrected chi connectivity index (χ2v) is 8.84. The first-order chi connectivity index (χ1) is 16.2. The predicted octanol–water partition coefficient (Wildman–Crippen LogP) is 7.69. The largest absolute Gasteiger partial charge is 0.326 e. The van der Waals surface area contributed by atoms with Crippen LogP contribution in [0.25, 0.3) is 22.6 Å². The van der Waals surface area contributed by atoms with Crippen molar-refractivity contribution < 1.29 is 0 Å². The summed E-state index contributed by atoms with van der Waals surface area (Å²) in [5, 5.41) is 0.785. The summed E-state index contributed by atoms with van der Waals surface area (Å²) in [6.45, 7) is 8.05. The zero-order valence-electron chi connectivity index (χ0n) is 19.5. The third-order valence-electron chi connectivity index (χ3n) is 6.00. The zero-order chi connectivity index (χ0) is 23.0. The molecule has 0 spiro atoms. The molecule has 33 heavy (non-hydrogen) atoms. The number of benzene rings is 3. The first-order valence-electron chi connectivity index (χ1n) is 11.9. The monoisotopic (exact) mass is 457 g/mol. The van der Waals surface area contributed by atoms with Crippen LogP contribution in [-0.4, -0.2) is 21.0 Å². The van der Waals surface area contributed by atoms with Crippen molar-refractivity contribution in [3.8, 4) is 22.6 Å². The molecule has 0 bridgehead atoms. The van der Waals surface area contributed by atoms with Crippen LogP contribution in [0.4, 0.5) is 0 Å². The number of rotatable bonds is 10. The molecule has 170 valence electrons. The maximum absolute atomic E-state index is 6.26. The number of imidazole rings is 1. The highest BCUT2D eigenvalue weighted by atomic mass is 35.5. The van der Waals surface area contributed by atoms with Crippen LogP contribution in [0.15, 0.2) is 84.9 Å². The molecule has 0 atom stereocenters. The summed E-state index contributed by atoms with van der Waals surface area (Å²) in [6, 6.07) is 29.3. The molecule has 0 N–H and O–H groups in total. The van der Waals surface area contributed by atoms with Gasteiger partial charge in [-0.1, -0.05) is 105 Å². The van der Waals surface area contributed by atoms with Gasteiger partial charge < -0.3 is 4.57 Å². The Kier molecular flexibility index (Phi) is 7.98. The topological polar surface area (TPSA) is 21.1 Å². The second kappa shape index (κ2) is 11.3. The standard InChI is InChI=1S/C29H32ClN3/c1-3-5-19-33-27(22-32(4-2)21-23-13-12-18-26(30)20-23)28(24-14-8-6-9-15-24)31-29(33)25-16-10-7-11-17-25/h6-18,20H,3-5,19,21-22H2,1-2H3. The lowest BCUT2D eigenvalue weighted by Crippen LogP contribution is -2.24. The van der Waals surface area contributed by atoms with Crippen LogP contribution in [0.3, 0.4) is 0 Å². The maximum Gasteiger partial charge on any atom is 0.140 e. The number of aromatic nitrogens is 2. The zero-order valence-corrected chi connectivity index (χ0v) is 20.3. The first-order valence-corrected chi connectivity index (χ1v) is 12.2. The molecule has 0 aliphatic heterocycles. The molecular weight excluding hydrogens is 426 g/mol. The van der Waals surface area contributed by atoms with Gasteiger partial charge in [0.1, 0.15) is 5.82 Å². The molecule has 1 aromatic heterocycles. The molecule has 0 fully saturated rings. The van der Waals surface area contributed by atoms with Crippen molar-refractivity contribution in [1.29, 1.82) is 0 Å². The van der Waals surface area contributed by atoms with E-state index in [1.807, 2.05) is 12.1 Å². The maximum atomic E-state index is 6.26. The van der Waals surface area contributed by atoms with Crippen molar-refractivity contribution in [1.82, 2.24) is 14.5 Å². The molecule has 4 aromatic rings. The second-order valence-electron chi connectivity index (χ2n) is 8.40. The van der Waals surface area contributed by atoms with Crippen LogP contribution in [0.5, 0.6) is 0 Å². The fraction of sp³-hybridized carbons (Fsp3) is 0.276. The van der Waals surface area contributed by atoms with Gasteiger partial charge in [0.05, 0.1) is 11.4 Å². The average molecular weight is 458 g/mol. The summed E-state index contributed by atoms with van der Waals surface area (Å²) < 4.78 is 2.45. The van der Waals surface area contributed by atoms with E-state index in [4.69, 9.17) is 16.6 Å². The molecule has 3 nitrogen and oxygen atoms in total. The molecule has 0 saturated heterocycles. The van der Waals surface area contributed by atoms with Crippen LogP contribution in [0, 0.1) is 0 Å². The van der Waals surface area contributed by atoms with Crippen LogP contribution in [0.2, 0.25) is 5.02 Å². The fourth-order valence-electron chi connectivity index (χ4n) is 4.22. The van der Waals surface area contributed by atoms with Gasteiger partial charge in [-0.05, 0) is 30.7 Å². The van der Waals surface area contributed by atoms with Gasteiger partial charge in [0.15, 0.2) is 0 Å². The van der Waals surface area contributed by atoms with Crippen LogP contribution >= 0.6 is 11.6 Å². The smallest absolute Gasteiger partial charge is 0.140 e. The summed E-state index contributed by atoms with van der Waals surface area (Å²) >= 11 is 6.26. The molecule has 0 radical (unpaired) electrons. The highest BCUT2D eigenvalue weighted by Gasteiger charge is 2.21. The number of unbranched alkanes of at least 4 members (excludes halogenated alkanes) is 1. The molecule has 4 heteroatoms. The molecule has 4 rings (SSSR count). The Morgan fingerprint density at radius 1 is 0.818 bits per heavy atom. The molecule has 0 aliphatic rings. The van der Waals surface area contributed by atoms with E-state index in [0.29, 0.717) is 0 Å². The Morgan fingerprint density at radius 2 is 1.52 bits per heavy atom. The summed E-state index contributed by atoms with van der Waals surface area (Å²) in [6.07, 6.45) is 2.27. The Bertz CT molecular complexity index is 1150. The van der Waals surface area contributed by atoms with Crippen LogP contribution in [-0.2, 0) is 19.6 Å². The van der Waals surface area contributed by atoms with E-state index in [2.05, 4.69) is 96.1 Å². The first kappa shape index (κ1) is 23.3. The van der Waals surface area contributed by atoms with E-state index >= 15 is 0 Å². The van der Waals surface area contributed by atoms with E-state index < -0.39 is 0 Å². The van der Waals surface area contributed by atoms with Gasteiger partial charge >= 0.3 is 0 Å². The SMILES string of the molecule is CCCCn1c(-c2ccccc2)nc(-c2ccccc2)c1CN(CC)Cc1cccc(Cl)c1. The highest BCUT2D eigenvalue weighted by molar-refractivity contribution is 6.30. The van der Waals surface area contributed by atoms with Gasteiger partial charge in [-0.15, -0.1) is 0 Å². The van der Waals surface area contributed by atoms with E-state index in [0.717, 1.165) is 61.1 Å². The molecule has 0 unspecified atom stereocenters. The summed E-state index contributed by atoms with van der Waals surface area (Å²) in [4.78, 5) is 7.69. The lowest BCUT2D eigenvalue weighted by Gasteiger charge is -2.23. The lowest BCUT2D eigenvalue weighted by molar-refractivity contribution is 0.264. The van der Waals surface area contributed by atoms with Crippen molar-refractivity contribution in [3.05, 3.63) is 101 Å². The molecule has 1 heterocycles. The minimum Gasteiger partial charge on any atom is -0.326 e. The van der Waals surface area contributed by atoms with E-state index in [-0.39, 0.29) is 0 Å². The molecule has 0 amide bonds. The van der Waals surface area contributed by atoms with Crippen molar-refractivity contribution in [3.63, 3.8) is 0 Å². The third kappa shape index (κ3) is 5.73. The van der Waals surface area contributed by atoms with Crippen LogP contribution < -0.4 is 0 Å². The summed E-state index contributed by atoms with van der Waals surface area (Å²) in [5.74, 6) is 1.05. The van der Waals surface area contributed by atoms with Gasteiger partial charge in [-0.3, -0.25) is 4.90 Å². The van der Waals surface area contributed by atoms with E-state index in [1.54, 1.807) is 0 Å². The fourth-order valence-corrected chi connectivity index (χ4v) is 4.44. The van der Waals surface area contributed by atoms with Gasteiger partial charge in [0.25, 0.3) is 0 Å². The van der Waals surface area contributed by atoms with Crippen LogP contribution in [0.1, 0.15) is 37.9 Å². The molecule has 0 aliphatic carbocycles. The normalized spacial score (nSPS) is 11.3. The predicted molar refractivity (Wildman–Crippen MR) is 139 cm³/mol. The van der Waals surface area contributed by atoms with Crippen molar-refractivity contribution in [2.75, 3.05) is 6.54 Å². The van der Waals surface area contributed by atoms with Gasteiger partial charge in [-0.2, -0.15) is 0 Å². The summed E-state index contributed by atoms with van der Waals surface area (Å²) in [5.41, 5.74) is 5.91. The Morgan fingerprint density at radius 3 is 2.15 bits per heavy atom. The minimum atomic E-state index is 0.785. The average Bonchev–Trinajstić information content (AvgIpc) is 3.21. The summed E-state index contributed by atoms with van der Waals surface area (Å²) in [7, 11) is 0. The van der Waals surface area contributed by atoms with Gasteiger partial charge in [0.2, 0.25) is 0 Å². The van der Waals surface area contributed by atoms with E-state index in [9.17, 15) is 0 Å². The third-order valence-corrected chi connectivity index (χ3v) is 6.24. The van der Waals surface area contributed by atoms with Crippen molar-refractivity contribution in [2.24, 2.45) is 0 Å². The molecule has 3 aromatic carbocycles. The van der Waals surface area contributed by atoms with Crippen molar-refractivity contribution >= 4 is 11.6 Å². The Balaban J connectivity index is 1.78. The number of hydrogen-bond acceptors (Lipinski definition) is 2. The molecular formula is C29H32ClN3. The Hall–Kier alpha value is -2.88. The lowest BCUT2D eigenvalue weighted by atomic mass is 10.1. The number of nitrogens with zero attached hydrogens (tertiary/aromatic N) is 3. The van der Waals surface area contributed by atoms with Gasteiger partial charge in [-0.25, -0.2) is 4.98 Å². The molecule has 0 saturated carbocycles. The van der Waals surface area contributed by atoms with Crippen molar-refractivity contribution in [2.45, 2.75) is 46.3 Å². The Labute approximate surface area is 202 Å².